The first-order chi connectivity index (χ1) is 7.52. The third kappa shape index (κ3) is 3.95. The summed E-state index contributed by atoms with van der Waals surface area (Å²) in [5.74, 6) is 0. The Morgan fingerprint density at radius 3 is 2.25 bits per heavy atom. The molecule has 16 heavy (non-hydrogen) atoms. The van der Waals surface area contributed by atoms with Gasteiger partial charge in [-0.3, -0.25) is 0 Å². The number of rotatable bonds is 5. The first-order valence-electron chi connectivity index (χ1n) is 5.98. The number of ether oxygens (including phenoxy) is 1. The molecule has 90 valence electrons. The molecule has 0 aliphatic rings. The summed E-state index contributed by atoms with van der Waals surface area (Å²) in [6, 6.07) is 6.41. The molecule has 0 fully saturated rings. The van der Waals surface area contributed by atoms with Gasteiger partial charge < -0.3 is 10.5 Å². The first kappa shape index (κ1) is 13.2. The summed E-state index contributed by atoms with van der Waals surface area (Å²) in [4.78, 5) is 0. The van der Waals surface area contributed by atoms with Crippen molar-refractivity contribution in [2.75, 3.05) is 6.61 Å². The molecule has 0 heterocycles. The molecule has 0 saturated carbocycles. The summed E-state index contributed by atoms with van der Waals surface area (Å²) in [6.45, 7) is 8.98. The van der Waals surface area contributed by atoms with Gasteiger partial charge >= 0.3 is 0 Å². The van der Waals surface area contributed by atoms with E-state index >= 15 is 0 Å². The maximum Gasteiger partial charge on any atom is 0.0662 e. The molecular weight excluding hydrogens is 198 g/mol. The number of nitrogens with two attached hydrogens (primary N) is 1. The van der Waals surface area contributed by atoms with E-state index in [-0.39, 0.29) is 12.1 Å². The second-order valence-electron chi connectivity index (χ2n) is 4.58. The predicted octanol–water partition coefficient (Wildman–Crippen LogP) is 3.12. The fourth-order valence-corrected chi connectivity index (χ4v) is 1.71. The van der Waals surface area contributed by atoms with Crippen LogP contribution in [0.5, 0.6) is 0 Å². The fraction of sp³-hybridized carbons (Fsp3) is 0.571. The van der Waals surface area contributed by atoms with Gasteiger partial charge in [0, 0.05) is 0 Å². The maximum absolute atomic E-state index is 6.11. The van der Waals surface area contributed by atoms with Gasteiger partial charge in [0.25, 0.3) is 0 Å². The van der Waals surface area contributed by atoms with Gasteiger partial charge in [0.05, 0.1) is 18.8 Å². The van der Waals surface area contributed by atoms with Crippen LogP contribution in [0.2, 0.25) is 0 Å². The van der Waals surface area contributed by atoms with E-state index in [0.29, 0.717) is 6.61 Å². The van der Waals surface area contributed by atoms with Crippen molar-refractivity contribution in [3.63, 3.8) is 0 Å². The molecule has 2 nitrogen and oxygen atoms in total. The summed E-state index contributed by atoms with van der Waals surface area (Å²) < 4.78 is 5.66. The molecule has 0 aliphatic heterocycles. The molecule has 0 aliphatic carbocycles. The van der Waals surface area contributed by atoms with Crippen LogP contribution in [0.1, 0.15) is 43.0 Å². The Kier molecular flexibility index (Phi) is 4.97. The van der Waals surface area contributed by atoms with Gasteiger partial charge in [-0.2, -0.15) is 0 Å². The highest BCUT2D eigenvalue weighted by atomic mass is 16.5. The Labute approximate surface area is 98.8 Å². The van der Waals surface area contributed by atoms with Crippen LogP contribution in [0.3, 0.4) is 0 Å². The first-order valence-corrected chi connectivity index (χ1v) is 5.98. The second-order valence-corrected chi connectivity index (χ2v) is 4.58. The highest BCUT2D eigenvalue weighted by Gasteiger charge is 2.09. The monoisotopic (exact) mass is 221 g/mol. The van der Waals surface area contributed by atoms with Crippen LogP contribution >= 0.6 is 0 Å². The van der Waals surface area contributed by atoms with E-state index in [1.54, 1.807) is 0 Å². The van der Waals surface area contributed by atoms with Crippen LogP contribution in [-0.2, 0) is 4.74 Å². The van der Waals surface area contributed by atoms with E-state index in [1.807, 2.05) is 0 Å². The third-order valence-electron chi connectivity index (χ3n) is 2.81. The average molecular weight is 221 g/mol. The van der Waals surface area contributed by atoms with Crippen LogP contribution in [-0.4, -0.2) is 12.7 Å². The van der Waals surface area contributed by atoms with E-state index < -0.39 is 0 Å². The van der Waals surface area contributed by atoms with Crippen molar-refractivity contribution in [3.05, 3.63) is 34.9 Å². The molecule has 0 spiro atoms. The van der Waals surface area contributed by atoms with Crippen molar-refractivity contribution < 1.29 is 4.74 Å². The fourth-order valence-electron chi connectivity index (χ4n) is 1.71. The molecule has 0 amide bonds. The van der Waals surface area contributed by atoms with E-state index in [1.165, 1.54) is 16.7 Å². The highest BCUT2D eigenvalue weighted by molar-refractivity contribution is 5.30. The van der Waals surface area contributed by atoms with Crippen molar-refractivity contribution >= 4 is 0 Å². The van der Waals surface area contributed by atoms with Crippen LogP contribution < -0.4 is 5.73 Å². The number of hydrogen-bond donors (Lipinski definition) is 1. The molecule has 2 heteroatoms. The van der Waals surface area contributed by atoms with Crippen LogP contribution in [0.15, 0.2) is 18.2 Å². The van der Waals surface area contributed by atoms with Crippen molar-refractivity contribution in [2.45, 2.75) is 46.3 Å². The predicted molar refractivity (Wildman–Crippen MR) is 68.5 cm³/mol. The molecule has 2 unspecified atom stereocenters. The smallest absolute Gasteiger partial charge is 0.0662 e. The third-order valence-corrected chi connectivity index (χ3v) is 2.81. The standard InChI is InChI=1S/C14H23NO/c1-5-12(4)16-9-14(15)13-7-10(2)6-11(3)8-13/h6-8,12,14H,5,9,15H2,1-4H3. The quantitative estimate of drug-likeness (QED) is 0.829. The molecule has 0 radical (unpaired) electrons. The van der Waals surface area contributed by atoms with Gasteiger partial charge in [-0.25, -0.2) is 0 Å². The lowest BCUT2D eigenvalue weighted by Crippen LogP contribution is -2.20. The zero-order chi connectivity index (χ0) is 12.1. The molecule has 0 aromatic heterocycles. The average Bonchev–Trinajstić information content (AvgIpc) is 2.23. The summed E-state index contributed by atoms with van der Waals surface area (Å²) >= 11 is 0. The molecule has 1 aromatic carbocycles. The topological polar surface area (TPSA) is 35.2 Å². The summed E-state index contributed by atoms with van der Waals surface area (Å²) in [5, 5.41) is 0. The molecule has 0 bridgehead atoms. The molecule has 1 aromatic rings. The molecule has 0 saturated heterocycles. The minimum atomic E-state index is -0.0207. The molecule has 2 N–H and O–H groups in total. The summed E-state index contributed by atoms with van der Waals surface area (Å²) in [5.41, 5.74) is 9.79. The molecular formula is C14H23NO. The lowest BCUT2D eigenvalue weighted by molar-refractivity contribution is 0.0539. The Balaban J connectivity index is 2.62. The number of hydrogen-bond acceptors (Lipinski definition) is 2. The highest BCUT2D eigenvalue weighted by Crippen LogP contribution is 2.16. The van der Waals surface area contributed by atoms with Crippen molar-refractivity contribution in [1.29, 1.82) is 0 Å². The van der Waals surface area contributed by atoms with Gasteiger partial charge in [0.1, 0.15) is 0 Å². The Morgan fingerprint density at radius 2 is 1.75 bits per heavy atom. The van der Waals surface area contributed by atoms with E-state index in [2.05, 4.69) is 45.9 Å². The van der Waals surface area contributed by atoms with Crippen molar-refractivity contribution in [2.24, 2.45) is 5.73 Å². The lowest BCUT2D eigenvalue weighted by Gasteiger charge is -2.17. The van der Waals surface area contributed by atoms with Gasteiger partial charge in [-0.1, -0.05) is 36.2 Å². The Bertz CT molecular complexity index is 315. The minimum absolute atomic E-state index is 0.0207. The van der Waals surface area contributed by atoms with Crippen LogP contribution in [0.4, 0.5) is 0 Å². The SMILES string of the molecule is CCC(C)OCC(N)c1cc(C)cc(C)c1. The maximum atomic E-state index is 6.11. The lowest BCUT2D eigenvalue weighted by atomic mass is 10.0. The van der Waals surface area contributed by atoms with E-state index in [0.717, 1.165) is 6.42 Å². The van der Waals surface area contributed by atoms with Gasteiger partial charge in [-0.15, -0.1) is 0 Å². The second kappa shape index (κ2) is 6.02. The summed E-state index contributed by atoms with van der Waals surface area (Å²) in [7, 11) is 0. The van der Waals surface area contributed by atoms with E-state index in [9.17, 15) is 0 Å². The Morgan fingerprint density at radius 1 is 1.19 bits per heavy atom. The molecule has 1 rings (SSSR count). The van der Waals surface area contributed by atoms with E-state index in [4.69, 9.17) is 10.5 Å². The summed E-state index contributed by atoms with van der Waals surface area (Å²) in [6.07, 6.45) is 1.32. The zero-order valence-corrected chi connectivity index (χ0v) is 10.8. The Hall–Kier alpha value is -0.860. The number of aryl methyl sites for hydroxylation is 2. The van der Waals surface area contributed by atoms with Crippen molar-refractivity contribution in [3.8, 4) is 0 Å². The van der Waals surface area contributed by atoms with Crippen LogP contribution in [0.25, 0.3) is 0 Å². The van der Waals surface area contributed by atoms with Gasteiger partial charge in [0.2, 0.25) is 0 Å². The van der Waals surface area contributed by atoms with Crippen LogP contribution in [0, 0.1) is 13.8 Å². The molecule has 2 atom stereocenters. The largest absolute Gasteiger partial charge is 0.377 e. The number of benzene rings is 1. The van der Waals surface area contributed by atoms with Crippen molar-refractivity contribution in [1.82, 2.24) is 0 Å². The van der Waals surface area contributed by atoms with Gasteiger partial charge in [-0.05, 0) is 32.8 Å². The normalized spacial score (nSPS) is 14.8. The minimum Gasteiger partial charge on any atom is -0.377 e. The van der Waals surface area contributed by atoms with Gasteiger partial charge in [0.15, 0.2) is 0 Å². The zero-order valence-electron chi connectivity index (χ0n) is 10.8.